The molecule has 16 heavy (non-hydrogen) atoms. The van der Waals surface area contributed by atoms with E-state index in [0.29, 0.717) is 6.04 Å². The molecule has 1 fully saturated rings. The van der Waals surface area contributed by atoms with Crippen LogP contribution in [0.4, 0.5) is 5.13 Å². The highest BCUT2D eigenvalue weighted by Gasteiger charge is 2.26. The predicted octanol–water partition coefficient (Wildman–Crippen LogP) is 3.25. The van der Waals surface area contributed by atoms with Crippen LogP contribution in [0.5, 0.6) is 0 Å². The fourth-order valence-corrected chi connectivity index (χ4v) is 3.10. The van der Waals surface area contributed by atoms with Crippen LogP contribution in [0.3, 0.4) is 0 Å². The zero-order valence-corrected chi connectivity index (χ0v) is 11.3. The minimum Gasteiger partial charge on any atom is -0.344 e. The Morgan fingerprint density at radius 2 is 2.25 bits per heavy atom. The summed E-state index contributed by atoms with van der Waals surface area (Å²) in [6.45, 7) is 7.79. The minimum atomic E-state index is 0.703. The third-order valence-corrected chi connectivity index (χ3v) is 4.09. The second-order valence-corrected chi connectivity index (χ2v) is 6.22. The molecule has 1 aromatic heterocycles. The van der Waals surface area contributed by atoms with Crippen LogP contribution >= 0.6 is 11.3 Å². The predicted molar refractivity (Wildman–Crippen MR) is 69.1 cm³/mol. The first-order chi connectivity index (χ1) is 7.66. The summed E-state index contributed by atoms with van der Waals surface area (Å²) in [6, 6.07) is 0.703. The average molecular weight is 239 g/mol. The Kier molecular flexibility index (Phi) is 3.79. The number of nitrogens with zero attached hydrogens (tertiary/aromatic N) is 3. The van der Waals surface area contributed by atoms with Gasteiger partial charge in [-0.2, -0.15) is 0 Å². The molecule has 3 nitrogen and oxygen atoms in total. The highest BCUT2D eigenvalue weighted by atomic mass is 32.1. The first kappa shape index (κ1) is 11.8. The van der Waals surface area contributed by atoms with Crippen LogP contribution in [-0.2, 0) is 0 Å². The van der Waals surface area contributed by atoms with E-state index >= 15 is 0 Å². The molecule has 0 aliphatic carbocycles. The van der Waals surface area contributed by atoms with Crippen LogP contribution < -0.4 is 4.90 Å². The van der Waals surface area contributed by atoms with Gasteiger partial charge < -0.3 is 4.90 Å². The van der Waals surface area contributed by atoms with E-state index < -0.39 is 0 Å². The monoisotopic (exact) mass is 239 g/mol. The zero-order chi connectivity index (χ0) is 11.5. The van der Waals surface area contributed by atoms with Crippen molar-refractivity contribution >= 4 is 16.5 Å². The first-order valence-corrected chi connectivity index (χ1v) is 7.05. The van der Waals surface area contributed by atoms with E-state index in [0.717, 1.165) is 22.6 Å². The molecule has 0 radical (unpaired) electrons. The molecule has 1 saturated heterocycles. The van der Waals surface area contributed by atoms with Crippen LogP contribution in [0.25, 0.3) is 0 Å². The fourth-order valence-electron chi connectivity index (χ4n) is 2.32. The quantitative estimate of drug-likeness (QED) is 0.807. The lowest BCUT2D eigenvalue weighted by Crippen LogP contribution is -2.29. The van der Waals surface area contributed by atoms with Crippen LogP contribution in [0.1, 0.15) is 44.5 Å². The van der Waals surface area contributed by atoms with Gasteiger partial charge in [0.15, 0.2) is 0 Å². The zero-order valence-electron chi connectivity index (χ0n) is 10.4. The highest BCUT2D eigenvalue weighted by molar-refractivity contribution is 7.15. The van der Waals surface area contributed by atoms with Gasteiger partial charge in [-0.25, -0.2) is 0 Å². The molecule has 1 aromatic rings. The highest BCUT2D eigenvalue weighted by Crippen LogP contribution is 2.30. The molecule has 1 aliphatic heterocycles. The summed E-state index contributed by atoms with van der Waals surface area (Å²) in [4.78, 5) is 2.47. The van der Waals surface area contributed by atoms with Crippen LogP contribution in [-0.4, -0.2) is 22.8 Å². The van der Waals surface area contributed by atoms with Gasteiger partial charge in [-0.1, -0.05) is 25.2 Å². The molecular weight excluding hydrogens is 218 g/mol. The maximum atomic E-state index is 4.27. The van der Waals surface area contributed by atoms with Crippen molar-refractivity contribution in [3.05, 3.63) is 5.01 Å². The van der Waals surface area contributed by atoms with Gasteiger partial charge >= 0.3 is 0 Å². The first-order valence-electron chi connectivity index (χ1n) is 6.23. The molecule has 2 heterocycles. The van der Waals surface area contributed by atoms with E-state index in [4.69, 9.17) is 0 Å². The Labute approximate surface area is 102 Å². The van der Waals surface area contributed by atoms with Crippen molar-refractivity contribution in [3.63, 3.8) is 0 Å². The summed E-state index contributed by atoms with van der Waals surface area (Å²) in [5.74, 6) is 0.804. The Morgan fingerprint density at radius 1 is 1.44 bits per heavy atom. The van der Waals surface area contributed by atoms with Gasteiger partial charge in [0.25, 0.3) is 0 Å². The molecule has 0 aromatic carbocycles. The van der Waals surface area contributed by atoms with Gasteiger partial charge in [0.1, 0.15) is 5.01 Å². The van der Waals surface area contributed by atoms with Crippen molar-refractivity contribution in [1.82, 2.24) is 10.2 Å². The lowest BCUT2D eigenvalue weighted by atomic mass is 10.0. The van der Waals surface area contributed by atoms with Crippen molar-refractivity contribution < 1.29 is 0 Å². The maximum absolute atomic E-state index is 4.27. The Hall–Kier alpha value is -0.640. The summed E-state index contributed by atoms with van der Waals surface area (Å²) in [6.07, 6.45) is 5.25. The second kappa shape index (κ2) is 5.13. The lowest BCUT2D eigenvalue weighted by molar-refractivity contribution is 0.495. The van der Waals surface area contributed by atoms with Crippen molar-refractivity contribution in [2.75, 3.05) is 11.4 Å². The number of anilines is 1. The normalized spacial score (nSPS) is 21.0. The number of aromatic nitrogens is 2. The van der Waals surface area contributed by atoms with Gasteiger partial charge in [-0.05, 0) is 38.5 Å². The van der Waals surface area contributed by atoms with E-state index in [2.05, 4.69) is 28.9 Å². The van der Waals surface area contributed by atoms with Gasteiger partial charge in [-0.15, -0.1) is 10.2 Å². The molecule has 1 unspecified atom stereocenters. The molecule has 0 amide bonds. The molecule has 1 aliphatic rings. The van der Waals surface area contributed by atoms with Gasteiger partial charge in [0.05, 0.1) is 0 Å². The maximum Gasteiger partial charge on any atom is 0.208 e. The summed E-state index contributed by atoms with van der Waals surface area (Å²) >= 11 is 1.73. The molecule has 90 valence electrons. The van der Waals surface area contributed by atoms with Crippen LogP contribution in [0.15, 0.2) is 0 Å². The Balaban J connectivity index is 1.98. The molecule has 0 bridgehead atoms. The van der Waals surface area contributed by atoms with Gasteiger partial charge in [-0.3, -0.25) is 0 Å². The third kappa shape index (κ3) is 2.73. The third-order valence-electron chi connectivity index (χ3n) is 3.22. The summed E-state index contributed by atoms with van der Waals surface area (Å²) in [5, 5.41) is 10.6. The van der Waals surface area contributed by atoms with E-state index in [9.17, 15) is 0 Å². The number of aryl methyl sites for hydroxylation is 1. The summed E-state index contributed by atoms with van der Waals surface area (Å²) in [7, 11) is 0. The fraction of sp³-hybridized carbons (Fsp3) is 0.833. The SMILES string of the molecule is Cc1nnc(N2CCCC2CCC(C)C)s1. The molecule has 1 atom stereocenters. The molecule has 2 rings (SSSR count). The van der Waals surface area contributed by atoms with E-state index in [1.54, 1.807) is 11.3 Å². The number of rotatable bonds is 4. The smallest absolute Gasteiger partial charge is 0.208 e. The topological polar surface area (TPSA) is 29.0 Å². The summed E-state index contributed by atoms with van der Waals surface area (Å²) < 4.78 is 0. The molecule has 0 N–H and O–H groups in total. The van der Waals surface area contributed by atoms with Gasteiger partial charge in [0, 0.05) is 12.6 Å². The molecule has 0 spiro atoms. The van der Waals surface area contributed by atoms with Crippen LogP contribution in [0.2, 0.25) is 0 Å². The largest absolute Gasteiger partial charge is 0.344 e. The van der Waals surface area contributed by atoms with E-state index in [1.165, 1.54) is 25.7 Å². The summed E-state index contributed by atoms with van der Waals surface area (Å²) in [5.41, 5.74) is 0. The molecule has 4 heteroatoms. The van der Waals surface area contributed by atoms with Crippen molar-refractivity contribution in [2.45, 2.75) is 52.5 Å². The lowest BCUT2D eigenvalue weighted by Gasteiger charge is -2.24. The van der Waals surface area contributed by atoms with Crippen LogP contribution in [0, 0.1) is 12.8 Å². The van der Waals surface area contributed by atoms with Crippen molar-refractivity contribution in [2.24, 2.45) is 5.92 Å². The number of hydrogen-bond donors (Lipinski definition) is 0. The van der Waals surface area contributed by atoms with E-state index in [1.807, 2.05) is 6.92 Å². The average Bonchev–Trinajstić information content (AvgIpc) is 2.82. The molecular formula is C12H21N3S. The van der Waals surface area contributed by atoms with Crippen molar-refractivity contribution in [3.8, 4) is 0 Å². The Bertz CT molecular complexity index is 335. The second-order valence-electron chi connectivity index (χ2n) is 5.06. The Morgan fingerprint density at radius 3 is 2.88 bits per heavy atom. The minimum absolute atomic E-state index is 0.703. The van der Waals surface area contributed by atoms with E-state index in [-0.39, 0.29) is 0 Å². The van der Waals surface area contributed by atoms with Gasteiger partial charge in [0.2, 0.25) is 5.13 Å². The molecule has 0 saturated carbocycles. The standard InChI is InChI=1S/C12H21N3S/c1-9(2)6-7-11-5-4-8-15(11)12-14-13-10(3)16-12/h9,11H,4-8H2,1-3H3. The van der Waals surface area contributed by atoms with Crippen molar-refractivity contribution in [1.29, 1.82) is 0 Å². The number of hydrogen-bond acceptors (Lipinski definition) is 4.